The van der Waals surface area contributed by atoms with Crippen molar-refractivity contribution in [2.75, 3.05) is 18.7 Å². The van der Waals surface area contributed by atoms with E-state index < -0.39 is 59.2 Å². The van der Waals surface area contributed by atoms with Crippen molar-refractivity contribution in [1.29, 1.82) is 0 Å². The van der Waals surface area contributed by atoms with Gasteiger partial charge in [0, 0.05) is 16.1 Å². The highest BCUT2D eigenvalue weighted by Gasteiger charge is 2.55. The number of rotatable bonds is 4. The summed E-state index contributed by atoms with van der Waals surface area (Å²) >= 11 is 5.92. The minimum Gasteiger partial charge on any atom is -0.496 e. The zero-order valence-corrected chi connectivity index (χ0v) is 16.7. The first kappa shape index (κ1) is 23.1. The van der Waals surface area contributed by atoms with Crippen molar-refractivity contribution in [3.8, 4) is 5.75 Å². The molecule has 3 rings (SSSR count). The third-order valence-electron chi connectivity index (χ3n) is 4.54. The van der Waals surface area contributed by atoms with Gasteiger partial charge in [-0.05, 0) is 30.3 Å². The highest BCUT2D eigenvalue weighted by Crippen LogP contribution is 2.51. The minimum absolute atomic E-state index is 0.0128. The van der Waals surface area contributed by atoms with Gasteiger partial charge in [0.25, 0.3) is 5.91 Å². The molecule has 1 amide bonds. The van der Waals surface area contributed by atoms with Crippen molar-refractivity contribution < 1.29 is 51.3 Å². The quantitative estimate of drug-likeness (QED) is 0.386. The van der Waals surface area contributed by atoms with Gasteiger partial charge in [0.15, 0.2) is 6.73 Å². The number of carbonyl (C=O) groups excluding carboxylic acids is 2. The molecular formula is C19H12ClF4NO7. The fraction of sp³-hybridized carbons (Fsp3) is 0.211. The second-order valence-electron chi connectivity index (χ2n) is 6.36. The largest absolute Gasteiger partial charge is 0.520 e. The Morgan fingerprint density at radius 2 is 1.84 bits per heavy atom. The number of halogens is 5. The summed E-state index contributed by atoms with van der Waals surface area (Å²) in [6.07, 6.45) is -8.62. The second kappa shape index (κ2) is 8.19. The van der Waals surface area contributed by atoms with Crippen LogP contribution in [0.2, 0.25) is 5.02 Å². The first-order valence-electron chi connectivity index (χ1n) is 8.53. The topological polar surface area (TPSA) is 102 Å². The lowest BCUT2D eigenvalue weighted by molar-refractivity contribution is -0.137. The van der Waals surface area contributed by atoms with Gasteiger partial charge in [-0.25, -0.2) is 14.0 Å². The van der Waals surface area contributed by atoms with E-state index in [0.717, 1.165) is 12.1 Å². The molecule has 170 valence electrons. The van der Waals surface area contributed by atoms with Gasteiger partial charge in [-0.1, -0.05) is 17.7 Å². The molecule has 1 atom stereocenters. The smallest absolute Gasteiger partial charge is 0.496 e. The van der Waals surface area contributed by atoms with Crippen LogP contribution in [0.25, 0.3) is 0 Å². The molecule has 1 heterocycles. The highest BCUT2D eigenvalue weighted by molar-refractivity contribution is 6.30. The van der Waals surface area contributed by atoms with Gasteiger partial charge in [-0.2, -0.15) is 13.2 Å². The van der Waals surface area contributed by atoms with Crippen LogP contribution in [0, 0.1) is 0 Å². The van der Waals surface area contributed by atoms with Crippen molar-refractivity contribution in [2.24, 2.45) is 0 Å². The number of fused-ring (bicyclic) bond motifs is 1. The monoisotopic (exact) mass is 477 g/mol. The standard InChI is InChI=1S/C19H12ClF4NO7/c1-30-14-5-3-10(20)7-12(14)18(21)11-4-2-9(19(22,23)24)6-13(11)25(15(18)26)8-31-17(29)32-16(27)28/h2-7H,8H2,1H3,(H,27,28)/t18-/m0/s1. The Labute approximate surface area is 181 Å². The van der Waals surface area contributed by atoms with Crippen molar-refractivity contribution in [3.05, 3.63) is 58.1 Å². The number of nitrogens with zero attached hydrogens (tertiary/aromatic N) is 1. The van der Waals surface area contributed by atoms with Crippen molar-refractivity contribution in [3.63, 3.8) is 0 Å². The van der Waals surface area contributed by atoms with Crippen molar-refractivity contribution in [2.45, 2.75) is 11.8 Å². The summed E-state index contributed by atoms with van der Waals surface area (Å²) < 4.78 is 69.3. The Hall–Kier alpha value is -3.54. The Morgan fingerprint density at radius 3 is 2.44 bits per heavy atom. The molecule has 0 aromatic heterocycles. The lowest BCUT2D eigenvalue weighted by atomic mass is 9.88. The van der Waals surface area contributed by atoms with E-state index in [-0.39, 0.29) is 10.8 Å². The Bertz CT molecular complexity index is 1110. The molecular weight excluding hydrogens is 466 g/mol. The van der Waals surface area contributed by atoms with E-state index >= 15 is 4.39 Å². The summed E-state index contributed by atoms with van der Waals surface area (Å²) in [7, 11) is 1.19. The van der Waals surface area contributed by atoms with Crippen LogP contribution < -0.4 is 9.64 Å². The van der Waals surface area contributed by atoms with E-state index in [2.05, 4.69) is 9.47 Å². The summed E-state index contributed by atoms with van der Waals surface area (Å²) in [4.78, 5) is 35.2. The van der Waals surface area contributed by atoms with Crippen LogP contribution in [0.15, 0.2) is 36.4 Å². The van der Waals surface area contributed by atoms with E-state index in [4.69, 9.17) is 21.4 Å². The number of ether oxygens (including phenoxy) is 3. The molecule has 1 N–H and O–H groups in total. The van der Waals surface area contributed by atoms with Crippen LogP contribution in [0.5, 0.6) is 5.75 Å². The molecule has 1 aliphatic heterocycles. The normalized spacial score (nSPS) is 17.7. The molecule has 2 aromatic rings. The molecule has 0 spiro atoms. The van der Waals surface area contributed by atoms with Gasteiger partial charge >= 0.3 is 18.5 Å². The molecule has 13 heteroatoms. The van der Waals surface area contributed by atoms with E-state index in [1.54, 1.807) is 0 Å². The van der Waals surface area contributed by atoms with E-state index in [1.165, 1.54) is 19.2 Å². The Morgan fingerprint density at radius 1 is 1.16 bits per heavy atom. The number of hydrogen-bond donors (Lipinski definition) is 1. The summed E-state index contributed by atoms with van der Waals surface area (Å²) in [6, 6.07) is 5.54. The van der Waals surface area contributed by atoms with E-state index in [0.29, 0.717) is 17.0 Å². The van der Waals surface area contributed by atoms with Gasteiger partial charge in [0.2, 0.25) is 5.67 Å². The molecule has 0 aliphatic carbocycles. The molecule has 2 aromatic carbocycles. The number of benzene rings is 2. The average Bonchev–Trinajstić information content (AvgIpc) is 2.92. The molecule has 0 bridgehead atoms. The number of hydrogen-bond acceptors (Lipinski definition) is 6. The first-order chi connectivity index (χ1) is 14.9. The highest BCUT2D eigenvalue weighted by atomic mass is 35.5. The third kappa shape index (κ3) is 4.00. The number of methoxy groups -OCH3 is 1. The number of amides is 1. The number of alkyl halides is 4. The van der Waals surface area contributed by atoms with Crippen LogP contribution in [0.4, 0.5) is 32.8 Å². The maximum Gasteiger partial charge on any atom is 0.520 e. The lowest BCUT2D eigenvalue weighted by Crippen LogP contribution is -2.40. The number of anilines is 1. The molecule has 32 heavy (non-hydrogen) atoms. The zero-order chi connectivity index (χ0) is 23.8. The fourth-order valence-electron chi connectivity index (χ4n) is 3.19. The van der Waals surface area contributed by atoms with Gasteiger partial charge in [-0.3, -0.25) is 9.69 Å². The number of carboxylic acid groups (broad SMARTS) is 1. The summed E-state index contributed by atoms with van der Waals surface area (Å²) in [6.45, 7) is -1.13. The van der Waals surface area contributed by atoms with Crippen molar-refractivity contribution in [1.82, 2.24) is 0 Å². The summed E-state index contributed by atoms with van der Waals surface area (Å²) in [5.74, 6) is -1.54. The van der Waals surface area contributed by atoms with Crippen LogP contribution >= 0.6 is 11.6 Å². The Balaban J connectivity index is 2.14. The molecule has 1 aliphatic rings. The third-order valence-corrected chi connectivity index (χ3v) is 4.78. The van der Waals surface area contributed by atoms with Crippen LogP contribution in [-0.4, -0.2) is 37.2 Å². The molecule has 8 nitrogen and oxygen atoms in total. The maximum atomic E-state index is 16.4. The second-order valence-corrected chi connectivity index (χ2v) is 6.79. The predicted octanol–water partition coefficient (Wildman–Crippen LogP) is 4.72. The summed E-state index contributed by atoms with van der Waals surface area (Å²) in [5, 5.41) is 8.42. The van der Waals surface area contributed by atoms with E-state index in [9.17, 15) is 27.6 Å². The first-order valence-corrected chi connectivity index (χ1v) is 8.91. The lowest BCUT2D eigenvalue weighted by Gasteiger charge is -2.23. The maximum absolute atomic E-state index is 16.4. The Kier molecular flexibility index (Phi) is 5.92. The predicted molar refractivity (Wildman–Crippen MR) is 99.3 cm³/mol. The molecule has 0 radical (unpaired) electrons. The van der Waals surface area contributed by atoms with Gasteiger partial charge in [0.1, 0.15) is 5.75 Å². The molecule has 0 fully saturated rings. The molecule has 0 unspecified atom stereocenters. The van der Waals surface area contributed by atoms with Gasteiger partial charge in [-0.15, -0.1) is 0 Å². The SMILES string of the molecule is COc1ccc(Cl)cc1[C@]1(F)C(=O)N(COC(=O)OC(=O)O)c2cc(C(F)(F)F)ccc21. The fourth-order valence-corrected chi connectivity index (χ4v) is 3.36. The molecule has 0 saturated heterocycles. The van der Waals surface area contributed by atoms with Gasteiger partial charge < -0.3 is 19.3 Å². The van der Waals surface area contributed by atoms with Crippen LogP contribution in [0.1, 0.15) is 16.7 Å². The summed E-state index contributed by atoms with van der Waals surface area (Å²) in [5.41, 5.74) is -5.71. The van der Waals surface area contributed by atoms with E-state index in [1.807, 2.05) is 0 Å². The van der Waals surface area contributed by atoms with Crippen LogP contribution in [-0.2, 0) is 26.1 Å². The average molecular weight is 478 g/mol. The van der Waals surface area contributed by atoms with Crippen LogP contribution in [0.3, 0.4) is 0 Å². The number of carbonyl (C=O) groups is 3. The molecule has 0 saturated carbocycles. The van der Waals surface area contributed by atoms with Gasteiger partial charge in [0.05, 0.1) is 18.4 Å². The zero-order valence-electron chi connectivity index (χ0n) is 15.9. The minimum atomic E-state index is -4.83. The van der Waals surface area contributed by atoms with Crippen molar-refractivity contribution >= 4 is 35.5 Å².